The van der Waals surface area contributed by atoms with Crippen molar-refractivity contribution >= 4 is 12.3 Å². The van der Waals surface area contributed by atoms with E-state index < -0.39 is 24.5 Å². The van der Waals surface area contributed by atoms with E-state index in [0.29, 0.717) is 19.4 Å². The van der Waals surface area contributed by atoms with Crippen LogP contribution in [-0.4, -0.2) is 38.2 Å². The Bertz CT molecular complexity index is 423. The second kappa shape index (κ2) is 15.5. The molecular formula is C22H40O6. The van der Waals surface area contributed by atoms with Crippen LogP contribution in [0.4, 0.5) is 9.59 Å². The highest BCUT2D eigenvalue weighted by Gasteiger charge is 2.32. The molecule has 2 unspecified atom stereocenters. The Morgan fingerprint density at radius 3 is 1.82 bits per heavy atom. The maximum atomic E-state index is 11.9. The largest absolute Gasteiger partial charge is 0.508 e. The van der Waals surface area contributed by atoms with Crippen LogP contribution in [0.15, 0.2) is 0 Å². The molecule has 164 valence electrons. The SMILES string of the molecule is COC(=O)OC1CCCCC1OC(=O)OCCCCCCCCCCC(C)C. The Morgan fingerprint density at radius 1 is 0.786 bits per heavy atom. The van der Waals surface area contributed by atoms with E-state index in [0.717, 1.165) is 31.6 Å². The van der Waals surface area contributed by atoms with E-state index in [1.807, 2.05) is 0 Å². The first-order valence-corrected chi connectivity index (χ1v) is 11.1. The van der Waals surface area contributed by atoms with E-state index in [-0.39, 0.29) is 0 Å². The second-order valence-corrected chi connectivity index (χ2v) is 8.16. The second-order valence-electron chi connectivity index (χ2n) is 8.16. The third kappa shape index (κ3) is 12.1. The highest BCUT2D eigenvalue weighted by molar-refractivity contribution is 5.61. The lowest BCUT2D eigenvalue weighted by Crippen LogP contribution is -2.38. The van der Waals surface area contributed by atoms with E-state index in [9.17, 15) is 9.59 Å². The van der Waals surface area contributed by atoms with Gasteiger partial charge in [-0.25, -0.2) is 9.59 Å². The molecule has 1 fully saturated rings. The number of methoxy groups -OCH3 is 1. The summed E-state index contributed by atoms with van der Waals surface area (Å²) in [6, 6.07) is 0. The summed E-state index contributed by atoms with van der Waals surface area (Å²) < 4.78 is 20.2. The quantitative estimate of drug-likeness (QED) is 0.263. The molecule has 6 nitrogen and oxygen atoms in total. The molecule has 0 aromatic rings. The molecule has 1 rings (SSSR count). The standard InChI is InChI=1S/C22H40O6/c1-18(2)14-10-8-6-4-5-7-9-13-17-26-22(24)28-20-16-12-11-15-19(20)27-21(23)25-3/h18-20H,4-17H2,1-3H3. The van der Waals surface area contributed by atoms with Crippen molar-refractivity contribution in [3.63, 3.8) is 0 Å². The average molecular weight is 401 g/mol. The van der Waals surface area contributed by atoms with Crippen LogP contribution in [0.3, 0.4) is 0 Å². The van der Waals surface area contributed by atoms with Gasteiger partial charge >= 0.3 is 12.3 Å². The van der Waals surface area contributed by atoms with Crippen molar-refractivity contribution in [1.82, 2.24) is 0 Å². The zero-order chi connectivity index (χ0) is 20.6. The Morgan fingerprint density at radius 2 is 1.29 bits per heavy atom. The first kappa shape index (κ1) is 24.6. The molecule has 0 spiro atoms. The molecule has 2 atom stereocenters. The van der Waals surface area contributed by atoms with E-state index >= 15 is 0 Å². The van der Waals surface area contributed by atoms with Gasteiger partial charge in [0.25, 0.3) is 0 Å². The lowest BCUT2D eigenvalue weighted by Gasteiger charge is -2.29. The summed E-state index contributed by atoms with van der Waals surface area (Å²) in [6.07, 6.45) is 11.9. The number of rotatable bonds is 13. The average Bonchev–Trinajstić information content (AvgIpc) is 2.67. The van der Waals surface area contributed by atoms with E-state index in [1.165, 1.54) is 52.1 Å². The molecule has 1 saturated carbocycles. The van der Waals surface area contributed by atoms with Crippen molar-refractivity contribution in [2.45, 2.75) is 110 Å². The van der Waals surface area contributed by atoms with Crippen molar-refractivity contribution in [2.75, 3.05) is 13.7 Å². The highest BCUT2D eigenvalue weighted by atomic mass is 16.8. The van der Waals surface area contributed by atoms with Crippen molar-refractivity contribution in [1.29, 1.82) is 0 Å². The van der Waals surface area contributed by atoms with Gasteiger partial charge in [-0.1, -0.05) is 65.2 Å². The zero-order valence-corrected chi connectivity index (χ0v) is 18.1. The normalized spacial score (nSPS) is 19.3. The lowest BCUT2D eigenvalue weighted by atomic mass is 9.95. The number of unbranched alkanes of at least 4 members (excludes halogenated alkanes) is 7. The number of carbonyl (C=O) groups excluding carboxylic acids is 2. The van der Waals surface area contributed by atoms with Crippen LogP contribution in [0.5, 0.6) is 0 Å². The van der Waals surface area contributed by atoms with Crippen molar-refractivity contribution in [3.05, 3.63) is 0 Å². The van der Waals surface area contributed by atoms with E-state index in [4.69, 9.17) is 14.2 Å². The molecule has 0 amide bonds. The topological polar surface area (TPSA) is 71.1 Å². The van der Waals surface area contributed by atoms with Gasteiger partial charge in [0.2, 0.25) is 0 Å². The molecule has 0 aromatic heterocycles. The molecule has 6 heteroatoms. The molecule has 0 aliphatic heterocycles. The predicted octanol–water partition coefficient (Wildman–Crippen LogP) is 6.40. The highest BCUT2D eigenvalue weighted by Crippen LogP contribution is 2.24. The van der Waals surface area contributed by atoms with Gasteiger partial charge in [0, 0.05) is 0 Å². The molecule has 0 radical (unpaired) electrons. The summed E-state index contributed by atoms with van der Waals surface area (Å²) in [6.45, 7) is 4.94. The molecule has 1 aliphatic carbocycles. The smallest absolute Gasteiger partial charge is 0.438 e. The molecule has 0 N–H and O–H groups in total. The Balaban J connectivity index is 2.01. The molecule has 0 bridgehead atoms. The number of hydrogen-bond donors (Lipinski definition) is 0. The summed E-state index contributed by atoms with van der Waals surface area (Å²) in [4.78, 5) is 23.2. The summed E-state index contributed by atoms with van der Waals surface area (Å²) in [5.74, 6) is 0.816. The molecule has 0 saturated heterocycles. The molecule has 0 aromatic carbocycles. The summed E-state index contributed by atoms with van der Waals surface area (Å²) in [5, 5.41) is 0. The molecular weight excluding hydrogens is 360 g/mol. The predicted molar refractivity (Wildman–Crippen MR) is 108 cm³/mol. The van der Waals surface area contributed by atoms with Crippen LogP contribution < -0.4 is 0 Å². The summed E-state index contributed by atoms with van der Waals surface area (Å²) in [5.41, 5.74) is 0. The third-order valence-electron chi connectivity index (χ3n) is 5.20. The van der Waals surface area contributed by atoms with Crippen molar-refractivity contribution < 1.29 is 28.5 Å². The first-order valence-electron chi connectivity index (χ1n) is 11.1. The minimum Gasteiger partial charge on any atom is -0.438 e. The lowest BCUT2D eigenvalue weighted by molar-refractivity contribution is -0.0681. The van der Waals surface area contributed by atoms with Crippen LogP contribution in [0.1, 0.15) is 97.3 Å². The van der Waals surface area contributed by atoms with Gasteiger partial charge in [0.15, 0.2) is 0 Å². The summed E-state index contributed by atoms with van der Waals surface area (Å²) in [7, 11) is 1.27. The van der Waals surface area contributed by atoms with Crippen molar-refractivity contribution in [3.8, 4) is 0 Å². The number of carbonyl (C=O) groups is 2. The van der Waals surface area contributed by atoms with Gasteiger partial charge in [-0.05, 0) is 38.0 Å². The van der Waals surface area contributed by atoms with E-state index in [2.05, 4.69) is 18.6 Å². The fourth-order valence-electron chi connectivity index (χ4n) is 3.53. The zero-order valence-electron chi connectivity index (χ0n) is 18.1. The Labute approximate surface area is 170 Å². The van der Waals surface area contributed by atoms with Gasteiger partial charge in [-0.3, -0.25) is 0 Å². The maximum absolute atomic E-state index is 11.9. The number of hydrogen-bond acceptors (Lipinski definition) is 6. The van der Waals surface area contributed by atoms with Gasteiger partial charge in [-0.15, -0.1) is 0 Å². The minimum absolute atomic E-state index is 0.377. The Kier molecular flexibility index (Phi) is 13.6. The Hall–Kier alpha value is -1.46. The van der Waals surface area contributed by atoms with Crippen LogP contribution in [0.25, 0.3) is 0 Å². The van der Waals surface area contributed by atoms with Crippen molar-refractivity contribution in [2.24, 2.45) is 5.92 Å². The van der Waals surface area contributed by atoms with Crippen LogP contribution in [-0.2, 0) is 18.9 Å². The fourth-order valence-corrected chi connectivity index (χ4v) is 3.53. The third-order valence-corrected chi connectivity index (χ3v) is 5.20. The van der Waals surface area contributed by atoms with E-state index in [1.54, 1.807) is 0 Å². The van der Waals surface area contributed by atoms with Gasteiger partial charge in [0.1, 0.15) is 12.2 Å². The molecule has 0 heterocycles. The maximum Gasteiger partial charge on any atom is 0.508 e. The van der Waals surface area contributed by atoms with Gasteiger partial charge in [0.05, 0.1) is 13.7 Å². The monoisotopic (exact) mass is 400 g/mol. The summed E-state index contributed by atoms with van der Waals surface area (Å²) >= 11 is 0. The fraction of sp³-hybridized carbons (Fsp3) is 0.909. The molecule has 28 heavy (non-hydrogen) atoms. The molecule has 1 aliphatic rings. The van der Waals surface area contributed by atoms with Gasteiger partial charge < -0.3 is 18.9 Å². The van der Waals surface area contributed by atoms with Gasteiger partial charge in [-0.2, -0.15) is 0 Å². The number of ether oxygens (including phenoxy) is 4. The minimum atomic E-state index is -0.742. The van der Waals surface area contributed by atoms with Crippen LogP contribution in [0.2, 0.25) is 0 Å². The first-order chi connectivity index (χ1) is 13.5. The van der Waals surface area contributed by atoms with Crippen LogP contribution >= 0.6 is 0 Å². The van der Waals surface area contributed by atoms with Crippen LogP contribution in [0, 0.1) is 5.92 Å².